The van der Waals surface area contributed by atoms with Gasteiger partial charge in [0.15, 0.2) is 21.8 Å². The quantitative estimate of drug-likeness (QED) is 0.311. The zero-order valence-electron chi connectivity index (χ0n) is 16.6. The van der Waals surface area contributed by atoms with Gasteiger partial charge in [0, 0.05) is 23.1 Å². The molecule has 2 aromatic heterocycles. The number of aromatic nitrogens is 2. The van der Waals surface area contributed by atoms with Gasteiger partial charge >= 0.3 is 0 Å². The van der Waals surface area contributed by atoms with Crippen molar-refractivity contribution in [2.45, 2.75) is 6.42 Å². The third-order valence-electron chi connectivity index (χ3n) is 4.58. The molecule has 2 aromatic carbocycles. The van der Waals surface area contributed by atoms with Crippen LogP contribution in [0.5, 0.6) is 11.5 Å². The minimum absolute atomic E-state index is 0.0214. The van der Waals surface area contributed by atoms with Gasteiger partial charge in [0.1, 0.15) is 0 Å². The Morgan fingerprint density at radius 2 is 1.91 bits per heavy atom. The van der Waals surface area contributed by atoms with Crippen LogP contribution in [0.2, 0.25) is 0 Å². The maximum absolute atomic E-state index is 12.5. The minimum Gasteiger partial charge on any atom is -0.454 e. The number of anilines is 2. The van der Waals surface area contributed by atoms with Gasteiger partial charge in [-0.1, -0.05) is 11.3 Å². The fourth-order valence-electron chi connectivity index (χ4n) is 3.06. The molecule has 0 fully saturated rings. The van der Waals surface area contributed by atoms with Crippen molar-refractivity contribution < 1.29 is 24.0 Å². The summed E-state index contributed by atoms with van der Waals surface area (Å²) in [7, 11) is 0. The molecule has 33 heavy (non-hydrogen) atoms. The smallest absolute Gasteiger partial charge is 0.270 e. The molecule has 5 rings (SSSR count). The highest BCUT2D eigenvalue weighted by Gasteiger charge is 2.18. The van der Waals surface area contributed by atoms with Crippen molar-refractivity contribution in [2.75, 3.05) is 17.4 Å². The molecule has 0 aliphatic carbocycles. The first-order valence-corrected chi connectivity index (χ1v) is 11.1. The van der Waals surface area contributed by atoms with E-state index in [9.17, 15) is 19.7 Å². The number of benzene rings is 2. The van der Waals surface area contributed by atoms with E-state index in [-0.39, 0.29) is 30.7 Å². The van der Waals surface area contributed by atoms with Crippen molar-refractivity contribution in [3.63, 3.8) is 0 Å². The van der Waals surface area contributed by atoms with E-state index in [1.54, 1.807) is 23.6 Å². The number of amides is 2. The summed E-state index contributed by atoms with van der Waals surface area (Å²) in [6.45, 7) is 0.120. The van der Waals surface area contributed by atoms with Gasteiger partial charge in [0.05, 0.1) is 27.3 Å². The molecule has 11 nitrogen and oxygen atoms in total. The Balaban J connectivity index is 1.20. The Morgan fingerprint density at radius 3 is 2.76 bits per heavy atom. The molecule has 2 N–H and O–H groups in total. The summed E-state index contributed by atoms with van der Waals surface area (Å²) in [6.07, 6.45) is -0.0214. The number of nitrogens with zero attached hydrogens (tertiary/aromatic N) is 3. The summed E-state index contributed by atoms with van der Waals surface area (Å²) in [5.41, 5.74) is 1.39. The van der Waals surface area contributed by atoms with E-state index in [4.69, 9.17) is 9.47 Å². The lowest BCUT2D eigenvalue weighted by atomic mass is 10.2. The number of nitro groups is 1. The van der Waals surface area contributed by atoms with Crippen molar-refractivity contribution >= 4 is 60.7 Å². The fourth-order valence-corrected chi connectivity index (χ4v) is 4.68. The van der Waals surface area contributed by atoms with Gasteiger partial charge in [0.2, 0.25) is 12.7 Å². The van der Waals surface area contributed by atoms with Crippen LogP contribution in [0, 0.1) is 10.1 Å². The number of ether oxygens (including phenoxy) is 2. The molecule has 0 radical (unpaired) electrons. The van der Waals surface area contributed by atoms with E-state index in [0.717, 1.165) is 11.3 Å². The number of hydrogen-bond acceptors (Lipinski definition) is 10. The lowest BCUT2D eigenvalue weighted by Crippen LogP contribution is -2.15. The molecule has 13 heteroatoms. The Labute approximate surface area is 193 Å². The number of nitrogens with one attached hydrogen (secondary N) is 2. The normalized spacial score (nSPS) is 12.0. The molecule has 0 saturated carbocycles. The van der Waals surface area contributed by atoms with Crippen molar-refractivity contribution in [1.82, 2.24) is 9.97 Å². The number of rotatable bonds is 6. The summed E-state index contributed by atoms with van der Waals surface area (Å²) < 4.78 is 11.1. The standard InChI is InChI=1S/C20H13N5O6S2/c26-17(23-20-22-13-3-2-12(25(28)29)7-16(13)33-20)6-11-8-32-19(21-11)24-18(27)10-1-4-14-15(5-10)31-9-30-14/h1-5,7-8H,6,9H2,(H,21,24,27)(H,22,23,26). The van der Waals surface area contributed by atoms with Crippen molar-refractivity contribution in [1.29, 1.82) is 0 Å². The molecule has 4 aromatic rings. The number of carbonyl (C=O) groups is 2. The maximum atomic E-state index is 12.5. The van der Waals surface area contributed by atoms with Crippen LogP contribution in [-0.2, 0) is 11.2 Å². The molecule has 1 aliphatic heterocycles. The monoisotopic (exact) mass is 483 g/mol. The summed E-state index contributed by atoms with van der Waals surface area (Å²) >= 11 is 2.34. The second kappa shape index (κ2) is 8.44. The Bertz CT molecular complexity index is 1420. The van der Waals surface area contributed by atoms with Gasteiger partial charge in [0.25, 0.3) is 11.6 Å². The van der Waals surface area contributed by atoms with Gasteiger partial charge in [-0.25, -0.2) is 9.97 Å². The van der Waals surface area contributed by atoms with Gasteiger partial charge in [-0.3, -0.25) is 25.0 Å². The first-order valence-electron chi connectivity index (χ1n) is 9.45. The second-order valence-corrected chi connectivity index (χ2v) is 8.71. The summed E-state index contributed by atoms with van der Waals surface area (Å²) in [5.74, 6) is 0.383. The zero-order valence-corrected chi connectivity index (χ0v) is 18.2. The fraction of sp³-hybridized carbons (Fsp3) is 0.100. The molecule has 3 heterocycles. The average Bonchev–Trinajstić information content (AvgIpc) is 3.51. The molecular formula is C20H13N5O6S2. The van der Waals surface area contributed by atoms with E-state index in [2.05, 4.69) is 20.6 Å². The maximum Gasteiger partial charge on any atom is 0.270 e. The van der Waals surface area contributed by atoms with Crippen LogP contribution < -0.4 is 20.1 Å². The Kier molecular flexibility index (Phi) is 5.32. The molecule has 166 valence electrons. The molecule has 2 amide bonds. The number of carbonyl (C=O) groups excluding carboxylic acids is 2. The molecule has 0 spiro atoms. The number of fused-ring (bicyclic) bond motifs is 2. The summed E-state index contributed by atoms with van der Waals surface area (Å²) in [6, 6.07) is 9.19. The van der Waals surface area contributed by atoms with Crippen molar-refractivity contribution in [3.8, 4) is 11.5 Å². The molecule has 0 atom stereocenters. The number of non-ortho nitro benzene ring substituents is 1. The van der Waals surface area contributed by atoms with Crippen LogP contribution in [-0.4, -0.2) is 33.5 Å². The van der Waals surface area contributed by atoms with E-state index >= 15 is 0 Å². The van der Waals surface area contributed by atoms with Crippen LogP contribution in [0.15, 0.2) is 41.8 Å². The highest BCUT2D eigenvalue weighted by atomic mass is 32.1. The van der Waals surface area contributed by atoms with Crippen LogP contribution in [0.4, 0.5) is 16.0 Å². The topological polar surface area (TPSA) is 146 Å². The zero-order chi connectivity index (χ0) is 22.9. The first kappa shape index (κ1) is 20.8. The van der Waals surface area contributed by atoms with Gasteiger partial charge in [-0.05, 0) is 24.3 Å². The lowest BCUT2D eigenvalue weighted by Gasteiger charge is -2.03. The number of hydrogen-bond donors (Lipinski definition) is 2. The minimum atomic E-state index is -0.484. The highest BCUT2D eigenvalue weighted by molar-refractivity contribution is 7.22. The highest BCUT2D eigenvalue weighted by Crippen LogP contribution is 2.33. The van der Waals surface area contributed by atoms with Crippen molar-refractivity contribution in [3.05, 3.63) is 63.1 Å². The van der Waals surface area contributed by atoms with Crippen LogP contribution in [0.25, 0.3) is 10.2 Å². The van der Waals surface area contributed by atoms with E-state index in [1.165, 1.54) is 29.5 Å². The summed E-state index contributed by atoms with van der Waals surface area (Å²) in [4.78, 5) is 43.8. The van der Waals surface area contributed by atoms with Gasteiger partial charge < -0.3 is 14.8 Å². The Morgan fingerprint density at radius 1 is 1.06 bits per heavy atom. The first-order chi connectivity index (χ1) is 15.9. The summed E-state index contributed by atoms with van der Waals surface area (Å²) in [5, 5.41) is 18.6. The predicted octanol–water partition coefficient (Wildman–Crippen LogP) is 3.82. The average molecular weight is 483 g/mol. The van der Waals surface area contributed by atoms with E-state index in [0.29, 0.717) is 43.2 Å². The van der Waals surface area contributed by atoms with Crippen LogP contribution in [0.3, 0.4) is 0 Å². The van der Waals surface area contributed by atoms with E-state index < -0.39 is 4.92 Å². The van der Waals surface area contributed by atoms with Gasteiger partial charge in [-0.2, -0.15) is 0 Å². The molecular weight excluding hydrogens is 470 g/mol. The molecule has 1 aliphatic rings. The lowest BCUT2D eigenvalue weighted by molar-refractivity contribution is -0.384. The van der Waals surface area contributed by atoms with Crippen molar-refractivity contribution in [2.24, 2.45) is 0 Å². The third kappa shape index (κ3) is 4.44. The number of nitro benzene ring substituents is 1. The number of thiazole rings is 2. The predicted molar refractivity (Wildman–Crippen MR) is 121 cm³/mol. The van der Waals surface area contributed by atoms with E-state index in [1.807, 2.05) is 0 Å². The van der Waals surface area contributed by atoms with Crippen LogP contribution >= 0.6 is 22.7 Å². The van der Waals surface area contributed by atoms with Gasteiger partial charge in [-0.15, -0.1) is 11.3 Å². The largest absolute Gasteiger partial charge is 0.454 e. The van der Waals surface area contributed by atoms with Crippen LogP contribution in [0.1, 0.15) is 16.1 Å². The molecule has 0 unspecified atom stereocenters. The Hall–Kier alpha value is -4.10. The third-order valence-corrected chi connectivity index (χ3v) is 6.32. The second-order valence-electron chi connectivity index (χ2n) is 6.82. The molecule has 0 bridgehead atoms. The SMILES string of the molecule is O=C(Cc1csc(NC(=O)c2ccc3c(c2)OCO3)n1)Nc1nc2ccc([N+](=O)[O-])cc2s1. The molecule has 0 saturated heterocycles.